The van der Waals surface area contributed by atoms with Crippen LogP contribution in [0.15, 0.2) is 48.5 Å². The molecule has 0 radical (unpaired) electrons. The lowest BCUT2D eigenvalue weighted by molar-refractivity contribution is 0.189. The molecule has 0 saturated carbocycles. The van der Waals surface area contributed by atoms with Gasteiger partial charge in [-0.25, -0.2) is 4.79 Å². The van der Waals surface area contributed by atoms with Crippen LogP contribution >= 0.6 is 0 Å². The Morgan fingerprint density at radius 3 is 2.75 bits per heavy atom. The van der Waals surface area contributed by atoms with Crippen molar-refractivity contribution in [2.75, 3.05) is 18.4 Å². The van der Waals surface area contributed by atoms with E-state index in [-0.39, 0.29) is 11.9 Å². The van der Waals surface area contributed by atoms with E-state index in [9.17, 15) is 4.79 Å². The van der Waals surface area contributed by atoms with E-state index in [1.807, 2.05) is 24.3 Å². The monoisotopic (exact) mass is 319 g/mol. The van der Waals surface area contributed by atoms with Gasteiger partial charge >= 0.3 is 6.03 Å². The molecule has 24 heavy (non-hydrogen) atoms. The van der Waals surface area contributed by atoms with E-state index in [0.717, 1.165) is 29.7 Å². The number of rotatable bonds is 2. The molecule has 2 aromatic carbocycles. The molecule has 0 aromatic heterocycles. The summed E-state index contributed by atoms with van der Waals surface area (Å²) in [6.07, 6.45) is 1.76. The Morgan fingerprint density at radius 1 is 1.21 bits per heavy atom. The summed E-state index contributed by atoms with van der Waals surface area (Å²) in [6, 6.07) is 18.3. The molecule has 1 unspecified atom stereocenters. The van der Waals surface area contributed by atoms with Crippen LogP contribution in [-0.2, 0) is 0 Å². The van der Waals surface area contributed by atoms with Crippen molar-refractivity contribution in [3.05, 3.63) is 54.1 Å². The number of nitrogens with one attached hydrogen (secondary N) is 1. The summed E-state index contributed by atoms with van der Waals surface area (Å²) in [4.78, 5) is 14.2. The van der Waals surface area contributed by atoms with Gasteiger partial charge in [0.1, 0.15) is 0 Å². The normalized spacial score (nSPS) is 17.2. The number of carbonyl (C=O) groups excluding carboxylic acids is 1. The Bertz CT molecular complexity index is 761. The third-order valence-corrected chi connectivity index (χ3v) is 4.39. The van der Waals surface area contributed by atoms with Crippen molar-refractivity contribution < 1.29 is 4.79 Å². The number of amides is 2. The van der Waals surface area contributed by atoms with Crippen LogP contribution in [0.1, 0.15) is 18.4 Å². The fourth-order valence-corrected chi connectivity index (χ4v) is 2.99. The van der Waals surface area contributed by atoms with Crippen LogP contribution < -0.4 is 5.32 Å². The predicted molar refractivity (Wildman–Crippen MR) is 95.5 cm³/mol. The van der Waals surface area contributed by atoms with Crippen LogP contribution in [0.25, 0.3) is 11.1 Å². The van der Waals surface area contributed by atoms with Crippen molar-refractivity contribution in [3.8, 4) is 17.2 Å². The highest BCUT2D eigenvalue weighted by Crippen LogP contribution is 2.24. The third kappa shape index (κ3) is 3.75. The fourth-order valence-electron chi connectivity index (χ4n) is 2.99. The first-order chi connectivity index (χ1) is 11.7. The molecular weight excluding hydrogens is 298 g/mol. The lowest BCUT2D eigenvalue weighted by atomic mass is 10.0. The molecule has 1 atom stereocenters. The van der Waals surface area contributed by atoms with Crippen LogP contribution in [-0.4, -0.2) is 24.0 Å². The maximum Gasteiger partial charge on any atom is 0.321 e. The number of nitrogens with zero attached hydrogens (tertiary/aromatic N) is 2. The highest BCUT2D eigenvalue weighted by Gasteiger charge is 2.23. The van der Waals surface area contributed by atoms with Crippen molar-refractivity contribution in [1.29, 1.82) is 5.26 Å². The van der Waals surface area contributed by atoms with E-state index < -0.39 is 0 Å². The number of likely N-dealkylation sites (tertiary alicyclic amines) is 1. The molecule has 1 fully saturated rings. The number of hydrogen-bond donors (Lipinski definition) is 1. The van der Waals surface area contributed by atoms with Crippen molar-refractivity contribution in [3.63, 3.8) is 0 Å². The number of piperidine rings is 1. The minimum absolute atomic E-state index is 0.0524. The smallest absolute Gasteiger partial charge is 0.321 e. The zero-order valence-electron chi connectivity index (χ0n) is 13.8. The SMILES string of the molecule is Cc1ccc(-c2cccc(NC(=O)N3CCCC(C#N)C3)c2)cc1. The largest absolute Gasteiger partial charge is 0.323 e. The van der Waals surface area contributed by atoms with Gasteiger partial charge < -0.3 is 10.2 Å². The van der Waals surface area contributed by atoms with Crippen molar-refractivity contribution in [2.24, 2.45) is 5.92 Å². The molecule has 1 saturated heterocycles. The lowest BCUT2D eigenvalue weighted by Crippen LogP contribution is -2.42. The molecule has 1 aliphatic heterocycles. The Balaban J connectivity index is 1.71. The first-order valence-corrected chi connectivity index (χ1v) is 8.28. The summed E-state index contributed by atoms with van der Waals surface area (Å²) in [5.41, 5.74) is 4.19. The Morgan fingerprint density at radius 2 is 2.00 bits per heavy atom. The number of benzene rings is 2. The van der Waals surface area contributed by atoms with Crippen LogP contribution in [0, 0.1) is 24.2 Å². The molecular formula is C20H21N3O. The minimum atomic E-state index is -0.129. The quantitative estimate of drug-likeness (QED) is 0.890. The van der Waals surface area contributed by atoms with Crippen LogP contribution in [0.3, 0.4) is 0 Å². The van der Waals surface area contributed by atoms with Crippen LogP contribution in [0.4, 0.5) is 10.5 Å². The Labute approximate surface area is 142 Å². The molecule has 1 heterocycles. The van der Waals surface area contributed by atoms with Crippen molar-refractivity contribution >= 4 is 11.7 Å². The summed E-state index contributed by atoms with van der Waals surface area (Å²) in [6.45, 7) is 3.29. The van der Waals surface area contributed by atoms with E-state index in [2.05, 4.69) is 42.6 Å². The summed E-state index contributed by atoms with van der Waals surface area (Å²) in [5.74, 6) is -0.0524. The third-order valence-electron chi connectivity index (χ3n) is 4.39. The van der Waals surface area contributed by atoms with Gasteiger partial charge in [-0.2, -0.15) is 5.26 Å². The lowest BCUT2D eigenvalue weighted by Gasteiger charge is -2.29. The van der Waals surface area contributed by atoms with E-state index >= 15 is 0 Å². The van der Waals surface area contributed by atoms with Crippen molar-refractivity contribution in [1.82, 2.24) is 4.90 Å². The summed E-state index contributed by atoms with van der Waals surface area (Å²) in [7, 11) is 0. The maximum absolute atomic E-state index is 12.4. The standard InChI is InChI=1S/C20H21N3O/c1-15-7-9-17(10-8-15)18-5-2-6-19(12-18)22-20(24)23-11-3-4-16(13-21)14-23/h2,5-10,12,16H,3-4,11,14H2,1H3,(H,22,24). The molecule has 0 bridgehead atoms. The molecule has 4 nitrogen and oxygen atoms in total. The summed E-state index contributed by atoms with van der Waals surface area (Å²) < 4.78 is 0. The zero-order valence-corrected chi connectivity index (χ0v) is 13.8. The van der Waals surface area contributed by atoms with Crippen LogP contribution in [0.2, 0.25) is 0 Å². The van der Waals surface area contributed by atoms with E-state index in [1.54, 1.807) is 4.90 Å². The molecule has 122 valence electrons. The van der Waals surface area contributed by atoms with Gasteiger partial charge in [0.25, 0.3) is 0 Å². The average Bonchev–Trinajstić information content (AvgIpc) is 2.62. The molecule has 2 aromatic rings. The Hall–Kier alpha value is -2.80. The topological polar surface area (TPSA) is 56.1 Å². The molecule has 2 amide bonds. The van der Waals surface area contributed by atoms with E-state index in [1.165, 1.54) is 5.56 Å². The molecule has 0 spiro atoms. The zero-order chi connectivity index (χ0) is 16.9. The minimum Gasteiger partial charge on any atom is -0.323 e. The van der Waals surface area contributed by atoms with E-state index in [0.29, 0.717) is 13.1 Å². The van der Waals surface area contributed by atoms with Gasteiger partial charge in [-0.05, 0) is 43.0 Å². The second-order valence-corrected chi connectivity index (χ2v) is 6.29. The number of hydrogen-bond acceptors (Lipinski definition) is 2. The van der Waals surface area contributed by atoms with E-state index in [4.69, 9.17) is 5.26 Å². The van der Waals surface area contributed by atoms with Gasteiger partial charge in [0.2, 0.25) is 0 Å². The van der Waals surface area contributed by atoms with Gasteiger partial charge in [-0.1, -0.05) is 42.0 Å². The van der Waals surface area contributed by atoms with Gasteiger partial charge in [-0.3, -0.25) is 0 Å². The molecule has 3 rings (SSSR count). The van der Waals surface area contributed by atoms with Gasteiger partial charge in [0, 0.05) is 18.8 Å². The fraction of sp³-hybridized carbons (Fsp3) is 0.300. The van der Waals surface area contributed by atoms with Gasteiger partial charge in [0.15, 0.2) is 0 Å². The molecule has 1 aliphatic rings. The highest BCUT2D eigenvalue weighted by atomic mass is 16.2. The van der Waals surface area contributed by atoms with Gasteiger partial charge in [-0.15, -0.1) is 0 Å². The number of aryl methyl sites for hydroxylation is 1. The second kappa shape index (κ2) is 7.18. The molecule has 4 heteroatoms. The number of anilines is 1. The summed E-state index contributed by atoms with van der Waals surface area (Å²) >= 11 is 0. The van der Waals surface area contributed by atoms with Crippen LogP contribution in [0.5, 0.6) is 0 Å². The molecule has 1 N–H and O–H groups in total. The average molecular weight is 319 g/mol. The van der Waals surface area contributed by atoms with Gasteiger partial charge in [0.05, 0.1) is 12.0 Å². The van der Waals surface area contributed by atoms with Crippen molar-refractivity contribution in [2.45, 2.75) is 19.8 Å². The Kier molecular flexibility index (Phi) is 4.81. The number of urea groups is 1. The first kappa shape index (κ1) is 16.1. The number of carbonyl (C=O) groups is 1. The first-order valence-electron chi connectivity index (χ1n) is 8.28. The highest BCUT2D eigenvalue weighted by molar-refractivity contribution is 5.90. The summed E-state index contributed by atoms with van der Waals surface area (Å²) in [5, 5.41) is 12.0. The maximum atomic E-state index is 12.4. The molecule has 0 aliphatic carbocycles. The second-order valence-electron chi connectivity index (χ2n) is 6.29. The predicted octanol–water partition coefficient (Wildman–Crippen LogP) is 4.43. The number of nitriles is 1.